The fourth-order valence-corrected chi connectivity index (χ4v) is 4.88. The SMILES string of the molecule is C[C@@H]1C[C@H](C)CN(c2ncc(Cl)c(Nc3ccc4c(c3)cc(OC[S+](C)C)c(=O)n4C)n2)C1. The van der Waals surface area contributed by atoms with Gasteiger partial charge in [0.2, 0.25) is 11.9 Å². The molecule has 3 aromatic rings. The molecule has 3 heterocycles. The van der Waals surface area contributed by atoms with E-state index in [1.165, 1.54) is 6.42 Å². The molecule has 7 nitrogen and oxygen atoms in total. The molecule has 1 aromatic carbocycles. The third kappa shape index (κ3) is 5.38. The maximum Gasteiger partial charge on any atom is 0.293 e. The molecule has 9 heteroatoms. The zero-order chi connectivity index (χ0) is 23.7. The number of rotatable bonds is 6. The number of anilines is 3. The van der Waals surface area contributed by atoms with Crippen LogP contribution in [0.25, 0.3) is 10.9 Å². The fourth-order valence-electron chi connectivity index (χ4n) is 4.38. The van der Waals surface area contributed by atoms with Crippen LogP contribution < -0.4 is 20.5 Å². The second-order valence-corrected chi connectivity index (χ2v) is 11.9. The lowest BCUT2D eigenvalue weighted by atomic mass is 9.92. The first kappa shape index (κ1) is 23.7. The number of pyridine rings is 1. The minimum Gasteiger partial charge on any atom is -0.443 e. The van der Waals surface area contributed by atoms with Gasteiger partial charge in [0.05, 0.1) is 11.7 Å². The van der Waals surface area contributed by atoms with Gasteiger partial charge in [-0.1, -0.05) is 25.4 Å². The molecule has 0 bridgehead atoms. The highest BCUT2D eigenvalue weighted by molar-refractivity contribution is 7.95. The summed E-state index contributed by atoms with van der Waals surface area (Å²) in [5.41, 5.74) is 1.52. The van der Waals surface area contributed by atoms with E-state index in [9.17, 15) is 4.79 Å². The van der Waals surface area contributed by atoms with E-state index < -0.39 is 0 Å². The minimum atomic E-state index is -0.137. The third-order valence-electron chi connectivity index (χ3n) is 5.79. The first-order chi connectivity index (χ1) is 15.7. The zero-order valence-electron chi connectivity index (χ0n) is 19.8. The number of fused-ring (bicyclic) bond motifs is 1. The van der Waals surface area contributed by atoms with Crippen LogP contribution in [0.2, 0.25) is 5.02 Å². The van der Waals surface area contributed by atoms with Gasteiger partial charge >= 0.3 is 0 Å². The summed E-state index contributed by atoms with van der Waals surface area (Å²) in [5.74, 6) is 3.33. The van der Waals surface area contributed by atoms with Crippen molar-refractivity contribution in [3.8, 4) is 5.75 Å². The van der Waals surface area contributed by atoms with E-state index in [-0.39, 0.29) is 16.5 Å². The lowest BCUT2D eigenvalue weighted by molar-refractivity contribution is 0.353. The molecule has 0 aliphatic carbocycles. The van der Waals surface area contributed by atoms with Crippen LogP contribution in [-0.4, -0.2) is 46.1 Å². The van der Waals surface area contributed by atoms with Gasteiger partial charge in [0.15, 0.2) is 11.6 Å². The summed E-state index contributed by atoms with van der Waals surface area (Å²) in [7, 11) is 1.84. The van der Waals surface area contributed by atoms with Crippen molar-refractivity contribution in [1.82, 2.24) is 14.5 Å². The molecule has 0 spiro atoms. The van der Waals surface area contributed by atoms with Crippen molar-refractivity contribution >= 4 is 50.9 Å². The van der Waals surface area contributed by atoms with Crippen LogP contribution >= 0.6 is 11.6 Å². The predicted molar refractivity (Wildman–Crippen MR) is 139 cm³/mol. The van der Waals surface area contributed by atoms with Crippen LogP contribution in [0.4, 0.5) is 17.5 Å². The van der Waals surface area contributed by atoms with Gasteiger partial charge in [-0.25, -0.2) is 4.98 Å². The highest BCUT2D eigenvalue weighted by Gasteiger charge is 2.24. The smallest absolute Gasteiger partial charge is 0.293 e. The van der Waals surface area contributed by atoms with E-state index >= 15 is 0 Å². The summed E-state index contributed by atoms with van der Waals surface area (Å²) in [4.78, 5) is 24.1. The van der Waals surface area contributed by atoms with E-state index in [1.54, 1.807) is 23.9 Å². The monoisotopic (exact) mass is 488 g/mol. The molecule has 1 saturated heterocycles. The van der Waals surface area contributed by atoms with Crippen molar-refractivity contribution in [2.24, 2.45) is 18.9 Å². The van der Waals surface area contributed by atoms with E-state index in [4.69, 9.17) is 21.3 Å². The van der Waals surface area contributed by atoms with E-state index in [2.05, 4.69) is 41.6 Å². The largest absolute Gasteiger partial charge is 0.443 e. The molecule has 2 atom stereocenters. The first-order valence-electron chi connectivity index (χ1n) is 11.1. The molecule has 0 radical (unpaired) electrons. The lowest BCUT2D eigenvalue weighted by Gasteiger charge is -2.35. The average molecular weight is 489 g/mol. The Morgan fingerprint density at radius 1 is 1.21 bits per heavy atom. The van der Waals surface area contributed by atoms with Crippen LogP contribution in [0.5, 0.6) is 5.75 Å². The summed E-state index contributed by atoms with van der Waals surface area (Å²) in [6.07, 6.45) is 7.04. The van der Waals surface area contributed by atoms with Crippen LogP contribution in [0.1, 0.15) is 20.3 Å². The Bertz CT molecular complexity index is 1210. The Labute approximate surface area is 202 Å². The van der Waals surface area contributed by atoms with Gasteiger partial charge in [-0.15, -0.1) is 0 Å². The van der Waals surface area contributed by atoms with Crippen molar-refractivity contribution in [2.75, 3.05) is 41.8 Å². The van der Waals surface area contributed by atoms with E-state index in [1.807, 2.05) is 18.2 Å². The normalized spacial score (nSPS) is 18.7. The van der Waals surface area contributed by atoms with Crippen molar-refractivity contribution in [3.63, 3.8) is 0 Å². The molecule has 1 aliphatic heterocycles. The molecule has 0 amide bonds. The molecule has 2 aromatic heterocycles. The molecule has 1 N–H and O–H groups in total. The second-order valence-electron chi connectivity index (χ2n) is 9.24. The maximum atomic E-state index is 12.6. The molecular weight excluding hydrogens is 458 g/mol. The number of hydrogen-bond acceptors (Lipinski definition) is 6. The number of nitrogens with zero attached hydrogens (tertiary/aromatic N) is 4. The van der Waals surface area contributed by atoms with Gasteiger partial charge in [-0.2, -0.15) is 4.98 Å². The fraction of sp³-hybridized carbons (Fsp3) is 0.458. The summed E-state index contributed by atoms with van der Waals surface area (Å²) < 4.78 is 7.39. The number of aryl methyl sites for hydroxylation is 1. The molecule has 33 heavy (non-hydrogen) atoms. The lowest BCUT2D eigenvalue weighted by Crippen LogP contribution is -2.39. The molecular formula is C24H31ClN5O2S+. The summed E-state index contributed by atoms with van der Waals surface area (Å²) in [6, 6.07) is 7.61. The van der Waals surface area contributed by atoms with Crippen molar-refractivity contribution in [1.29, 1.82) is 0 Å². The minimum absolute atomic E-state index is 0.0769. The Kier molecular flexibility index (Phi) is 7.05. The standard InChI is InChI=1S/C24H31ClN5O2S/c1-15-8-16(2)13-30(12-15)24-26-11-19(25)22(28-24)27-18-6-7-20-17(9-18)10-21(23(31)29(20)3)32-14-33(4)5/h6-7,9-11,15-16H,8,12-14H2,1-5H3,(H,26,27,28)/q+1/t15-,16+. The maximum absolute atomic E-state index is 12.6. The molecule has 1 aliphatic rings. The number of hydrogen-bond donors (Lipinski definition) is 1. The first-order valence-corrected chi connectivity index (χ1v) is 13.7. The van der Waals surface area contributed by atoms with Crippen LogP contribution in [-0.2, 0) is 17.9 Å². The number of nitrogens with one attached hydrogen (secondary N) is 1. The zero-order valence-corrected chi connectivity index (χ0v) is 21.3. The molecule has 4 rings (SSSR count). The molecule has 176 valence electrons. The summed E-state index contributed by atoms with van der Waals surface area (Å²) in [6.45, 7) is 6.41. The Balaban J connectivity index is 1.63. The quantitative estimate of drug-likeness (QED) is 0.518. The Hall–Kier alpha value is -2.45. The molecule has 1 fully saturated rings. The molecule has 0 saturated carbocycles. The van der Waals surface area contributed by atoms with Gasteiger partial charge in [0.1, 0.15) is 17.5 Å². The molecule has 0 unspecified atom stereocenters. The van der Waals surface area contributed by atoms with Gasteiger partial charge in [-0.05, 0) is 42.5 Å². The summed E-state index contributed by atoms with van der Waals surface area (Å²) in [5, 5.41) is 4.69. The van der Waals surface area contributed by atoms with E-state index in [0.29, 0.717) is 40.3 Å². The number of piperidine rings is 1. The van der Waals surface area contributed by atoms with Gasteiger partial charge in [0, 0.05) is 42.1 Å². The van der Waals surface area contributed by atoms with Gasteiger partial charge < -0.3 is 19.5 Å². The van der Waals surface area contributed by atoms with Crippen LogP contribution in [0.15, 0.2) is 35.3 Å². The van der Waals surface area contributed by atoms with Gasteiger partial charge in [-0.3, -0.25) is 4.79 Å². The highest BCUT2D eigenvalue weighted by atomic mass is 35.5. The number of ether oxygens (including phenoxy) is 1. The van der Waals surface area contributed by atoms with Crippen LogP contribution in [0.3, 0.4) is 0 Å². The van der Waals surface area contributed by atoms with Crippen molar-refractivity contribution in [2.45, 2.75) is 20.3 Å². The Morgan fingerprint density at radius 2 is 1.94 bits per heavy atom. The second kappa shape index (κ2) is 9.81. The number of benzene rings is 1. The number of halogens is 1. The van der Waals surface area contributed by atoms with Crippen molar-refractivity contribution < 1.29 is 4.74 Å². The topological polar surface area (TPSA) is 72.3 Å². The van der Waals surface area contributed by atoms with E-state index in [0.717, 1.165) is 29.7 Å². The van der Waals surface area contributed by atoms with Crippen molar-refractivity contribution in [3.05, 3.63) is 45.8 Å². The average Bonchev–Trinajstić information content (AvgIpc) is 2.76. The number of aromatic nitrogens is 3. The third-order valence-corrected chi connectivity index (χ3v) is 6.65. The highest BCUT2D eigenvalue weighted by Crippen LogP contribution is 2.29. The predicted octanol–water partition coefficient (Wildman–Crippen LogP) is 4.42. The Morgan fingerprint density at radius 3 is 2.64 bits per heavy atom. The van der Waals surface area contributed by atoms with Crippen LogP contribution in [0, 0.1) is 11.8 Å². The van der Waals surface area contributed by atoms with Gasteiger partial charge in [0.25, 0.3) is 5.56 Å². The summed E-state index contributed by atoms with van der Waals surface area (Å²) >= 11 is 6.43.